The van der Waals surface area contributed by atoms with E-state index in [1.165, 1.54) is 0 Å². The molecular weight excluding hydrogens is 296 g/mol. The Morgan fingerprint density at radius 1 is 0.762 bits per heavy atom. The zero-order valence-electron chi connectivity index (χ0n) is 10.4. The highest BCUT2D eigenvalue weighted by Gasteiger charge is 2.29. The first-order valence-corrected chi connectivity index (χ1v) is 5.11. The molecule has 2 unspecified atom stereocenters. The molecule has 0 aromatic carbocycles. The lowest BCUT2D eigenvalue weighted by molar-refractivity contribution is -0.150. The van der Waals surface area contributed by atoms with Gasteiger partial charge in [-0.2, -0.15) is 0 Å². The van der Waals surface area contributed by atoms with E-state index in [0.717, 1.165) is 0 Å². The van der Waals surface area contributed by atoms with E-state index >= 15 is 0 Å². The quantitative estimate of drug-likeness (QED) is 0.261. The van der Waals surface area contributed by atoms with E-state index in [1.807, 2.05) is 5.32 Å². The summed E-state index contributed by atoms with van der Waals surface area (Å²) in [5.74, 6) is -6.01. The van der Waals surface area contributed by atoms with Gasteiger partial charge in [0.05, 0.1) is 12.8 Å². The first kappa shape index (κ1) is 20.4. The second-order valence-electron chi connectivity index (χ2n) is 3.48. The zero-order valence-corrected chi connectivity index (χ0v) is 10.4. The number of hydrogen-bond donors (Lipinski definition) is 7. The first-order valence-electron chi connectivity index (χ1n) is 5.11. The summed E-state index contributed by atoms with van der Waals surface area (Å²) in [6, 6.07) is -3.32. The van der Waals surface area contributed by atoms with Crippen molar-refractivity contribution >= 4 is 30.0 Å². The second kappa shape index (κ2) is 9.96. The largest absolute Gasteiger partial charge is 0.481 e. The van der Waals surface area contributed by atoms with Gasteiger partial charge in [0.15, 0.2) is 0 Å². The Kier molecular flexibility index (Phi) is 9.69. The normalized spacial score (nSPS) is 12.2. The average molecular weight is 310 g/mol. The molecule has 0 spiro atoms. The minimum atomic E-state index is -1.66. The monoisotopic (exact) mass is 310 g/mol. The Morgan fingerprint density at radius 3 is 1.14 bits per heavy atom. The van der Waals surface area contributed by atoms with Gasteiger partial charge >= 0.3 is 30.0 Å². The maximum atomic E-state index is 10.6. The molecule has 12 nitrogen and oxygen atoms in total. The molecule has 0 aliphatic carbocycles. The minimum absolute atomic E-state index is 0.848. The van der Waals surface area contributed by atoms with Gasteiger partial charge in [0.2, 0.25) is 0 Å². The van der Waals surface area contributed by atoms with Crippen LogP contribution in [-0.2, 0) is 19.2 Å². The fraction of sp³-hybridized carbons (Fsp3) is 0.444. The predicted octanol–water partition coefficient (Wildman–Crippen LogP) is -1.95. The van der Waals surface area contributed by atoms with Gasteiger partial charge in [-0.25, -0.2) is 4.79 Å². The number of carbonyl (C=O) groups is 5. The van der Waals surface area contributed by atoms with E-state index in [1.54, 1.807) is 0 Å². The van der Waals surface area contributed by atoms with Crippen LogP contribution in [0.15, 0.2) is 0 Å². The molecule has 0 rings (SSSR count). The van der Waals surface area contributed by atoms with Gasteiger partial charge in [-0.3, -0.25) is 24.5 Å². The summed E-state index contributed by atoms with van der Waals surface area (Å²) in [5.41, 5.74) is 4.03. The minimum Gasteiger partial charge on any atom is -0.481 e. The molecule has 0 radical (unpaired) electrons. The van der Waals surface area contributed by atoms with E-state index in [2.05, 4.69) is 5.73 Å². The van der Waals surface area contributed by atoms with Gasteiger partial charge in [-0.05, 0) is 0 Å². The molecular formula is C9H14N2O10. The Hall–Kier alpha value is -2.89. The molecule has 120 valence electrons. The number of nitrogens with one attached hydrogen (secondary N) is 1. The summed E-state index contributed by atoms with van der Waals surface area (Å²) in [5, 5.41) is 43.2. The SMILES string of the molecule is NC(=O)O.O=C(O)CC(NC(CC(=O)O)C(=O)O)C(=O)O. The fourth-order valence-electron chi connectivity index (χ4n) is 1.03. The van der Waals surface area contributed by atoms with Crippen molar-refractivity contribution < 1.29 is 49.5 Å². The van der Waals surface area contributed by atoms with Crippen molar-refractivity contribution in [1.82, 2.24) is 5.32 Å². The van der Waals surface area contributed by atoms with Crippen LogP contribution >= 0.6 is 0 Å². The van der Waals surface area contributed by atoms with Gasteiger partial charge < -0.3 is 31.3 Å². The molecule has 0 aliphatic rings. The first-order chi connectivity index (χ1) is 9.47. The smallest absolute Gasteiger partial charge is 0.402 e. The number of carboxylic acids is 4. The highest BCUT2D eigenvalue weighted by molar-refractivity contribution is 5.84. The molecule has 12 heteroatoms. The van der Waals surface area contributed by atoms with Gasteiger partial charge in [0, 0.05) is 0 Å². The van der Waals surface area contributed by atoms with Crippen LogP contribution in [-0.4, -0.2) is 67.6 Å². The summed E-state index contributed by atoms with van der Waals surface area (Å²) >= 11 is 0. The van der Waals surface area contributed by atoms with Crippen molar-refractivity contribution in [2.75, 3.05) is 0 Å². The molecule has 0 bridgehead atoms. The maximum absolute atomic E-state index is 10.6. The van der Waals surface area contributed by atoms with E-state index in [-0.39, 0.29) is 0 Å². The molecule has 0 aromatic heterocycles. The number of rotatable bonds is 8. The van der Waals surface area contributed by atoms with Gasteiger partial charge in [0.1, 0.15) is 12.1 Å². The number of aliphatic carboxylic acids is 4. The van der Waals surface area contributed by atoms with Crippen LogP contribution in [0.1, 0.15) is 12.8 Å². The van der Waals surface area contributed by atoms with Crippen LogP contribution in [0.4, 0.5) is 4.79 Å². The molecule has 21 heavy (non-hydrogen) atoms. The molecule has 0 fully saturated rings. The Bertz CT molecular complexity index is 385. The molecule has 0 heterocycles. The Morgan fingerprint density at radius 2 is 1.00 bits per heavy atom. The van der Waals surface area contributed by atoms with Crippen molar-refractivity contribution in [2.24, 2.45) is 5.73 Å². The lowest BCUT2D eigenvalue weighted by Crippen LogP contribution is -2.48. The summed E-state index contributed by atoms with van der Waals surface area (Å²) < 4.78 is 0. The molecule has 0 aliphatic heterocycles. The number of amides is 1. The van der Waals surface area contributed by atoms with E-state index in [0.29, 0.717) is 0 Å². The van der Waals surface area contributed by atoms with Crippen LogP contribution in [0.5, 0.6) is 0 Å². The lowest BCUT2D eigenvalue weighted by Gasteiger charge is -2.17. The van der Waals surface area contributed by atoms with E-state index < -0.39 is 54.9 Å². The standard InChI is InChI=1S/C8H11NO8.CH3NO2/c10-5(11)1-3(7(14)15)9-4(8(16)17)2-6(12)13;2-1(3)4/h3-4,9H,1-2H2,(H,10,11)(H,12,13)(H,14,15)(H,16,17);2H2,(H,3,4). The van der Waals surface area contributed by atoms with Crippen molar-refractivity contribution in [2.45, 2.75) is 24.9 Å². The third-order valence-electron chi connectivity index (χ3n) is 1.76. The molecule has 0 saturated carbocycles. The van der Waals surface area contributed by atoms with Gasteiger partial charge in [-0.1, -0.05) is 0 Å². The molecule has 0 aromatic rings. The molecule has 0 saturated heterocycles. The summed E-state index contributed by atoms with van der Waals surface area (Å²) in [6.07, 6.45) is -3.03. The van der Waals surface area contributed by atoms with Crippen molar-refractivity contribution in [3.63, 3.8) is 0 Å². The molecule has 1 amide bonds. The highest BCUT2D eigenvalue weighted by Crippen LogP contribution is 2.00. The summed E-state index contributed by atoms with van der Waals surface area (Å²) in [6.45, 7) is 0. The Balaban J connectivity index is 0. The second-order valence-corrected chi connectivity index (χ2v) is 3.48. The average Bonchev–Trinajstić information content (AvgIpc) is 2.24. The van der Waals surface area contributed by atoms with Crippen molar-refractivity contribution in [1.29, 1.82) is 0 Å². The van der Waals surface area contributed by atoms with Crippen LogP contribution < -0.4 is 11.1 Å². The van der Waals surface area contributed by atoms with Crippen LogP contribution in [0, 0.1) is 0 Å². The number of carboxylic acid groups (broad SMARTS) is 5. The molecule has 2 atom stereocenters. The third kappa shape index (κ3) is 13.3. The van der Waals surface area contributed by atoms with E-state index in [4.69, 9.17) is 30.3 Å². The molecule has 8 N–H and O–H groups in total. The van der Waals surface area contributed by atoms with Crippen LogP contribution in [0.2, 0.25) is 0 Å². The topological polar surface area (TPSA) is 225 Å². The lowest BCUT2D eigenvalue weighted by atomic mass is 10.1. The zero-order chi connectivity index (χ0) is 17.2. The van der Waals surface area contributed by atoms with Crippen molar-refractivity contribution in [3.8, 4) is 0 Å². The van der Waals surface area contributed by atoms with Crippen LogP contribution in [0.25, 0.3) is 0 Å². The maximum Gasteiger partial charge on any atom is 0.402 e. The predicted molar refractivity (Wildman–Crippen MR) is 62.7 cm³/mol. The number of hydrogen-bond acceptors (Lipinski definition) is 6. The van der Waals surface area contributed by atoms with Crippen LogP contribution in [0.3, 0.4) is 0 Å². The summed E-state index contributed by atoms with van der Waals surface area (Å²) in [4.78, 5) is 50.6. The number of primary amides is 1. The third-order valence-corrected chi connectivity index (χ3v) is 1.76. The highest BCUT2D eigenvalue weighted by atomic mass is 16.4. The van der Waals surface area contributed by atoms with Gasteiger partial charge in [-0.15, -0.1) is 0 Å². The van der Waals surface area contributed by atoms with Gasteiger partial charge in [0.25, 0.3) is 0 Å². The summed E-state index contributed by atoms with van der Waals surface area (Å²) in [7, 11) is 0. The van der Waals surface area contributed by atoms with Crippen molar-refractivity contribution in [3.05, 3.63) is 0 Å². The number of nitrogens with two attached hydrogens (primary N) is 1. The fourth-order valence-corrected chi connectivity index (χ4v) is 1.03. The van der Waals surface area contributed by atoms with E-state index in [9.17, 15) is 19.2 Å². The Labute approximate surface area is 116 Å².